The van der Waals surface area contributed by atoms with Crippen molar-refractivity contribution in [3.05, 3.63) is 23.2 Å². The molecule has 0 amide bonds. The number of nitrogens with one attached hydrogen (secondary N) is 1. The van der Waals surface area contributed by atoms with E-state index in [4.69, 9.17) is 4.42 Å². The Morgan fingerprint density at radius 2 is 2.21 bits per heavy atom. The van der Waals surface area contributed by atoms with Crippen LogP contribution in [0.15, 0.2) is 10.5 Å². The van der Waals surface area contributed by atoms with Crippen molar-refractivity contribution in [3.63, 3.8) is 0 Å². The molecular formula is C16H28N2O. The summed E-state index contributed by atoms with van der Waals surface area (Å²) in [4.78, 5) is 2.38. The molecule has 1 heterocycles. The van der Waals surface area contributed by atoms with E-state index in [0.29, 0.717) is 0 Å². The molecule has 3 nitrogen and oxygen atoms in total. The summed E-state index contributed by atoms with van der Waals surface area (Å²) in [7, 11) is 2.19. The Labute approximate surface area is 117 Å². The van der Waals surface area contributed by atoms with Crippen LogP contribution in [0.25, 0.3) is 0 Å². The number of hydrogen-bond acceptors (Lipinski definition) is 3. The summed E-state index contributed by atoms with van der Waals surface area (Å²) in [6.07, 6.45) is 2.56. The highest BCUT2D eigenvalue weighted by Gasteiger charge is 2.33. The second-order valence-electron chi connectivity index (χ2n) is 6.17. The van der Waals surface area contributed by atoms with Crippen molar-refractivity contribution in [1.82, 2.24) is 10.2 Å². The van der Waals surface area contributed by atoms with Gasteiger partial charge in [-0.15, -0.1) is 0 Å². The fourth-order valence-corrected chi connectivity index (χ4v) is 2.61. The van der Waals surface area contributed by atoms with E-state index in [1.807, 2.05) is 0 Å². The summed E-state index contributed by atoms with van der Waals surface area (Å²) in [5.74, 6) is 4.03. The van der Waals surface area contributed by atoms with Gasteiger partial charge in [0.15, 0.2) is 0 Å². The molecule has 0 saturated heterocycles. The number of furan rings is 1. The minimum absolute atomic E-state index is 0.850. The van der Waals surface area contributed by atoms with E-state index >= 15 is 0 Å². The fraction of sp³-hybridized carbons (Fsp3) is 0.750. The lowest BCUT2D eigenvalue weighted by atomic mass is 10.2. The summed E-state index contributed by atoms with van der Waals surface area (Å²) in [6.45, 7) is 10.7. The maximum atomic E-state index is 5.96. The van der Waals surface area contributed by atoms with Crippen molar-refractivity contribution in [2.45, 2.75) is 46.7 Å². The van der Waals surface area contributed by atoms with Crippen molar-refractivity contribution >= 4 is 0 Å². The van der Waals surface area contributed by atoms with Crippen LogP contribution in [0, 0.1) is 18.8 Å². The Balaban J connectivity index is 1.81. The van der Waals surface area contributed by atoms with E-state index in [0.717, 1.165) is 49.4 Å². The van der Waals surface area contributed by atoms with Crippen LogP contribution >= 0.6 is 0 Å². The van der Waals surface area contributed by atoms with Crippen molar-refractivity contribution < 1.29 is 4.42 Å². The molecule has 1 aliphatic carbocycles. The van der Waals surface area contributed by atoms with E-state index in [1.165, 1.54) is 18.5 Å². The molecule has 0 spiro atoms. The van der Waals surface area contributed by atoms with Gasteiger partial charge in [0, 0.05) is 6.54 Å². The van der Waals surface area contributed by atoms with Crippen LogP contribution in [0.1, 0.15) is 43.8 Å². The molecule has 1 aliphatic rings. The van der Waals surface area contributed by atoms with Crippen LogP contribution in [0.3, 0.4) is 0 Å². The van der Waals surface area contributed by atoms with Gasteiger partial charge < -0.3 is 9.73 Å². The van der Waals surface area contributed by atoms with Crippen molar-refractivity contribution in [3.8, 4) is 0 Å². The summed E-state index contributed by atoms with van der Waals surface area (Å²) in [5, 5.41) is 3.40. The van der Waals surface area contributed by atoms with Gasteiger partial charge in [0.2, 0.25) is 0 Å². The van der Waals surface area contributed by atoms with E-state index < -0.39 is 0 Å². The Hall–Kier alpha value is -0.800. The first kappa shape index (κ1) is 14.6. The van der Waals surface area contributed by atoms with E-state index in [9.17, 15) is 0 Å². The zero-order valence-electron chi connectivity index (χ0n) is 12.8. The van der Waals surface area contributed by atoms with Gasteiger partial charge in [0.1, 0.15) is 11.5 Å². The molecule has 19 heavy (non-hydrogen) atoms. The third kappa shape index (κ3) is 4.36. The predicted octanol–water partition coefficient (Wildman–Crippen LogP) is 3.18. The number of rotatable bonds is 8. The first-order valence-electron chi connectivity index (χ1n) is 7.57. The Morgan fingerprint density at radius 1 is 1.47 bits per heavy atom. The van der Waals surface area contributed by atoms with Gasteiger partial charge in [0.25, 0.3) is 0 Å². The maximum absolute atomic E-state index is 5.96. The number of hydrogen-bond donors (Lipinski definition) is 1. The lowest BCUT2D eigenvalue weighted by Crippen LogP contribution is -2.20. The van der Waals surface area contributed by atoms with Crippen LogP contribution in [-0.2, 0) is 13.1 Å². The lowest BCUT2D eigenvalue weighted by Gasteiger charge is -2.14. The quantitative estimate of drug-likeness (QED) is 0.731. The number of aryl methyl sites for hydroxylation is 1. The van der Waals surface area contributed by atoms with Gasteiger partial charge in [-0.25, -0.2) is 0 Å². The first-order valence-corrected chi connectivity index (χ1v) is 7.57. The second kappa shape index (κ2) is 6.58. The molecule has 0 aliphatic heterocycles. The fourth-order valence-electron chi connectivity index (χ4n) is 2.61. The normalized spacial score (nSPS) is 22.2. The zero-order chi connectivity index (χ0) is 13.8. The van der Waals surface area contributed by atoms with Gasteiger partial charge in [-0.1, -0.05) is 13.8 Å². The molecule has 1 aromatic heterocycles. The molecule has 1 saturated carbocycles. The van der Waals surface area contributed by atoms with Crippen LogP contribution in [0.4, 0.5) is 0 Å². The molecule has 108 valence electrons. The summed E-state index contributed by atoms with van der Waals surface area (Å²) < 4.78 is 5.96. The Morgan fingerprint density at radius 3 is 2.84 bits per heavy atom. The molecule has 2 unspecified atom stereocenters. The summed E-state index contributed by atoms with van der Waals surface area (Å²) in [5.41, 5.74) is 1.27. The average Bonchev–Trinajstić information content (AvgIpc) is 2.91. The standard InChI is InChI=1S/C16H28N2O/c1-5-6-17-9-16-13(3)8-15(19-16)11-18(4)10-14-7-12(14)2/h8,12,14,17H,5-7,9-11H2,1-4H3. The SMILES string of the molecule is CCCNCc1oc(CN(C)CC2CC2C)cc1C. The Kier molecular flexibility index (Phi) is 5.06. The molecule has 0 bridgehead atoms. The molecule has 3 heteroatoms. The minimum Gasteiger partial charge on any atom is -0.463 e. The molecule has 0 aromatic carbocycles. The average molecular weight is 264 g/mol. The van der Waals surface area contributed by atoms with Gasteiger partial charge in [-0.2, -0.15) is 0 Å². The topological polar surface area (TPSA) is 28.4 Å². The van der Waals surface area contributed by atoms with Crippen LogP contribution in [0.5, 0.6) is 0 Å². The smallest absolute Gasteiger partial charge is 0.120 e. The van der Waals surface area contributed by atoms with E-state index in [2.05, 4.69) is 44.1 Å². The monoisotopic (exact) mass is 264 g/mol. The van der Waals surface area contributed by atoms with Gasteiger partial charge in [0.05, 0.1) is 13.1 Å². The van der Waals surface area contributed by atoms with E-state index in [1.54, 1.807) is 0 Å². The maximum Gasteiger partial charge on any atom is 0.120 e. The lowest BCUT2D eigenvalue weighted by molar-refractivity contribution is 0.275. The third-order valence-corrected chi connectivity index (χ3v) is 4.03. The molecule has 1 N–H and O–H groups in total. The summed E-state index contributed by atoms with van der Waals surface area (Å²) >= 11 is 0. The van der Waals surface area contributed by atoms with Gasteiger partial charge in [-0.05, 0) is 56.8 Å². The van der Waals surface area contributed by atoms with Gasteiger partial charge in [-0.3, -0.25) is 4.90 Å². The molecule has 0 radical (unpaired) electrons. The largest absolute Gasteiger partial charge is 0.463 e. The van der Waals surface area contributed by atoms with Gasteiger partial charge >= 0.3 is 0 Å². The van der Waals surface area contributed by atoms with Crippen LogP contribution in [0.2, 0.25) is 0 Å². The van der Waals surface area contributed by atoms with Crippen LogP contribution < -0.4 is 5.32 Å². The van der Waals surface area contributed by atoms with Crippen LogP contribution in [-0.4, -0.2) is 25.0 Å². The van der Waals surface area contributed by atoms with E-state index in [-0.39, 0.29) is 0 Å². The molecule has 2 rings (SSSR count). The minimum atomic E-state index is 0.850. The molecule has 1 aromatic rings. The van der Waals surface area contributed by atoms with Crippen molar-refractivity contribution in [1.29, 1.82) is 0 Å². The van der Waals surface area contributed by atoms with Crippen molar-refractivity contribution in [2.24, 2.45) is 11.8 Å². The highest BCUT2D eigenvalue weighted by molar-refractivity contribution is 5.20. The zero-order valence-corrected chi connectivity index (χ0v) is 12.8. The first-order chi connectivity index (χ1) is 9.10. The number of nitrogens with zero attached hydrogens (tertiary/aromatic N) is 1. The molecule has 1 fully saturated rings. The predicted molar refractivity (Wildman–Crippen MR) is 79.0 cm³/mol. The highest BCUT2D eigenvalue weighted by atomic mass is 16.3. The van der Waals surface area contributed by atoms with Crippen molar-refractivity contribution in [2.75, 3.05) is 20.1 Å². The second-order valence-corrected chi connectivity index (χ2v) is 6.17. The molecule has 2 atom stereocenters. The molecular weight excluding hydrogens is 236 g/mol. The highest BCUT2D eigenvalue weighted by Crippen LogP contribution is 2.38. The Bertz CT molecular complexity index is 399. The summed E-state index contributed by atoms with van der Waals surface area (Å²) in [6, 6.07) is 2.19. The third-order valence-electron chi connectivity index (χ3n) is 4.03.